The molecule has 136 valence electrons. The van der Waals surface area contributed by atoms with Gasteiger partial charge in [-0.15, -0.1) is 0 Å². The molecule has 1 aromatic carbocycles. The van der Waals surface area contributed by atoms with Crippen LogP contribution in [0.3, 0.4) is 0 Å². The lowest BCUT2D eigenvalue weighted by Gasteiger charge is -2.42. The van der Waals surface area contributed by atoms with Crippen molar-refractivity contribution in [3.05, 3.63) is 54.0 Å². The standard InChI is InChI=1S/C20H25N5O/c1-15-2-4-16(5-3-15)12-24-9-10-25(13-17(24)7-11-26)20-18-6-8-21-19(18)22-14-23-20/h2-6,8,14,17,26H,7,9-13H2,1H3,(H,21,22,23)/t17-/m0/s1. The Balaban J connectivity index is 1.52. The number of nitrogens with one attached hydrogen (secondary N) is 1. The Bertz CT molecular complexity index is 860. The van der Waals surface area contributed by atoms with Gasteiger partial charge in [0.15, 0.2) is 0 Å². The highest BCUT2D eigenvalue weighted by atomic mass is 16.3. The maximum atomic E-state index is 9.56. The number of nitrogens with zero attached hydrogens (tertiary/aromatic N) is 4. The van der Waals surface area contributed by atoms with Crippen molar-refractivity contribution in [2.75, 3.05) is 31.1 Å². The summed E-state index contributed by atoms with van der Waals surface area (Å²) in [5, 5.41) is 10.6. The summed E-state index contributed by atoms with van der Waals surface area (Å²) < 4.78 is 0. The number of anilines is 1. The van der Waals surface area contributed by atoms with Crippen molar-refractivity contribution in [2.45, 2.75) is 25.9 Å². The summed E-state index contributed by atoms with van der Waals surface area (Å²) >= 11 is 0. The molecule has 1 saturated heterocycles. The molecule has 1 aliphatic rings. The lowest BCUT2D eigenvalue weighted by atomic mass is 10.1. The Labute approximate surface area is 153 Å². The molecule has 6 heteroatoms. The SMILES string of the molecule is Cc1ccc(CN2CCN(c3ncnc4[nH]ccc34)C[C@@H]2CCO)cc1. The van der Waals surface area contributed by atoms with Crippen LogP contribution in [0, 0.1) is 6.92 Å². The topological polar surface area (TPSA) is 68.3 Å². The number of hydrogen-bond acceptors (Lipinski definition) is 5. The summed E-state index contributed by atoms with van der Waals surface area (Å²) in [5.74, 6) is 0.981. The normalized spacial score (nSPS) is 18.5. The zero-order chi connectivity index (χ0) is 17.9. The summed E-state index contributed by atoms with van der Waals surface area (Å²) in [4.78, 5) is 16.8. The highest BCUT2D eigenvalue weighted by Crippen LogP contribution is 2.26. The Morgan fingerprint density at radius 2 is 2.00 bits per heavy atom. The van der Waals surface area contributed by atoms with Crippen LogP contribution in [0.2, 0.25) is 0 Å². The third kappa shape index (κ3) is 3.43. The summed E-state index contributed by atoms with van der Waals surface area (Å²) in [7, 11) is 0. The second kappa shape index (κ2) is 7.43. The van der Waals surface area contributed by atoms with E-state index >= 15 is 0 Å². The van der Waals surface area contributed by atoms with Gasteiger partial charge in [0, 0.05) is 45.0 Å². The molecule has 0 spiro atoms. The van der Waals surface area contributed by atoms with Crippen LogP contribution in [-0.2, 0) is 6.54 Å². The number of aryl methyl sites for hydroxylation is 1. The maximum absolute atomic E-state index is 9.56. The first-order valence-electron chi connectivity index (χ1n) is 9.18. The molecular weight excluding hydrogens is 326 g/mol. The van der Waals surface area contributed by atoms with Crippen molar-refractivity contribution in [3.63, 3.8) is 0 Å². The van der Waals surface area contributed by atoms with Crippen LogP contribution in [0.25, 0.3) is 11.0 Å². The zero-order valence-corrected chi connectivity index (χ0v) is 15.1. The molecule has 3 aromatic rings. The minimum absolute atomic E-state index is 0.201. The minimum Gasteiger partial charge on any atom is -0.396 e. The molecule has 0 aliphatic carbocycles. The van der Waals surface area contributed by atoms with E-state index in [-0.39, 0.29) is 6.61 Å². The first-order chi connectivity index (χ1) is 12.7. The van der Waals surface area contributed by atoms with Crippen LogP contribution in [0.5, 0.6) is 0 Å². The Kier molecular flexibility index (Phi) is 4.86. The number of hydrogen-bond donors (Lipinski definition) is 2. The lowest BCUT2D eigenvalue weighted by Crippen LogP contribution is -2.53. The van der Waals surface area contributed by atoms with E-state index in [2.05, 4.69) is 55.9 Å². The predicted molar refractivity (Wildman–Crippen MR) is 103 cm³/mol. The molecule has 0 saturated carbocycles. The van der Waals surface area contributed by atoms with E-state index in [9.17, 15) is 5.11 Å². The minimum atomic E-state index is 0.201. The average Bonchev–Trinajstić information content (AvgIpc) is 3.14. The quantitative estimate of drug-likeness (QED) is 0.738. The van der Waals surface area contributed by atoms with Gasteiger partial charge in [0.2, 0.25) is 0 Å². The van der Waals surface area contributed by atoms with Gasteiger partial charge in [-0.1, -0.05) is 29.8 Å². The number of aliphatic hydroxyl groups is 1. The number of H-pyrrole nitrogens is 1. The fourth-order valence-electron chi connectivity index (χ4n) is 3.75. The van der Waals surface area contributed by atoms with Gasteiger partial charge in [0.05, 0.1) is 5.39 Å². The van der Waals surface area contributed by atoms with Crippen LogP contribution in [-0.4, -0.2) is 57.2 Å². The molecular formula is C20H25N5O. The summed E-state index contributed by atoms with van der Waals surface area (Å²) in [6.45, 7) is 5.97. The van der Waals surface area contributed by atoms with Crippen molar-refractivity contribution in [2.24, 2.45) is 0 Å². The smallest absolute Gasteiger partial charge is 0.142 e. The van der Waals surface area contributed by atoms with Gasteiger partial charge in [-0.05, 0) is 25.0 Å². The molecule has 0 unspecified atom stereocenters. The second-order valence-corrected chi connectivity index (χ2v) is 7.01. The van der Waals surface area contributed by atoms with Crippen LogP contribution in [0.1, 0.15) is 17.5 Å². The molecule has 2 N–H and O–H groups in total. The van der Waals surface area contributed by atoms with E-state index in [1.54, 1.807) is 6.33 Å². The molecule has 1 atom stereocenters. The van der Waals surface area contributed by atoms with Crippen LogP contribution < -0.4 is 4.90 Å². The molecule has 0 radical (unpaired) electrons. The number of aromatic amines is 1. The Morgan fingerprint density at radius 3 is 2.81 bits per heavy atom. The molecule has 1 fully saturated rings. The maximum Gasteiger partial charge on any atom is 0.142 e. The van der Waals surface area contributed by atoms with Gasteiger partial charge in [-0.3, -0.25) is 4.90 Å². The van der Waals surface area contributed by atoms with E-state index in [0.717, 1.165) is 49.5 Å². The molecule has 3 heterocycles. The fourth-order valence-corrected chi connectivity index (χ4v) is 3.75. The predicted octanol–water partition coefficient (Wildman–Crippen LogP) is 2.34. The van der Waals surface area contributed by atoms with Crippen LogP contribution in [0.15, 0.2) is 42.9 Å². The highest BCUT2D eigenvalue weighted by molar-refractivity contribution is 5.87. The second-order valence-electron chi connectivity index (χ2n) is 7.01. The van der Waals surface area contributed by atoms with Gasteiger partial charge < -0.3 is 15.0 Å². The van der Waals surface area contributed by atoms with E-state index in [4.69, 9.17) is 0 Å². The van der Waals surface area contributed by atoms with Crippen molar-refractivity contribution < 1.29 is 5.11 Å². The third-order valence-corrected chi connectivity index (χ3v) is 5.21. The molecule has 0 bridgehead atoms. The summed E-state index contributed by atoms with van der Waals surface area (Å²) in [6, 6.07) is 11.1. The number of aromatic nitrogens is 3. The number of benzene rings is 1. The number of piperazine rings is 1. The van der Waals surface area contributed by atoms with Gasteiger partial charge in [-0.2, -0.15) is 0 Å². The van der Waals surface area contributed by atoms with E-state index in [1.165, 1.54) is 11.1 Å². The van der Waals surface area contributed by atoms with Crippen molar-refractivity contribution >= 4 is 16.9 Å². The zero-order valence-electron chi connectivity index (χ0n) is 15.1. The van der Waals surface area contributed by atoms with Crippen molar-refractivity contribution in [1.82, 2.24) is 19.9 Å². The number of rotatable bonds is 5. The Morgan fingerprint density at radius 1 is 1.15 bits per heavy atom. The van der Waals surface area contributed by atoms with Crippen molar-refractivity contribution in [3.8, 4) is 0 Å². The Hall–Kier alpha value is -2.44. The highest BCUT2D eigenvalue weighted by Gasteiger charge is 2.28. The lowest BCUT2D eigenvalue weighted by molar-refractivity contribution is 0.135. The summed E-state index contributed by atoms with van der Waals surface area (Å²) in [5.41, 5.74) is 3.47. The molecule has 6 nitrogen and oxygen atoms in total. The first kappa shape index (κ1) is 17.0. The molecule has 4 rings (SSSR count). The first-order valence-corrected chi connectivity index (χ1v) is 9.18. The van der Waals surface area contributed by atoms with Crippen molar-refractivity contribution in [1.29, 1.82) is 0 Å². The van der Waals surface area contributed by atoms with E-state index in [0.29, 0.717) is 6.04 Å². The van der Waals surface area contributed by atoms with Gasteiger partial charge in [0.25, 0.3) is 0 Å². The third-order valence-electron chi connectivity index (χ3n) is 5.21. The van der Waals surface area contributed by atoms with Gasteiger partial charge in [0.1, 0.15) is 17.8 Å². The molecule has 1 aliphatic heterocycles. The molecule has 26 heavy (non-hydrogen) atoms. The average molecular weight is 351 g/mol. The van der Waals surface area contributed by atoms with Gasteiger partial charge in [-0.25, -0.2) is 9.97 Å². The monoisotopic (exact) mass is 351 g/mol. The fraction of sp³-hybridized carbons (Fsp3) is 0.400. The molecule has 2 aromatic heterocycles. The van der Waals surface area contributed by atoms with E-state index in [1.807, 2.05) is 12.3 Å². The summed E-state index contributed by atoms with van der Waals surface area (Å²) in [6.07, 6.45) is 4.29. The van der Waals surface area contributed by atoms with Crippen LogP contribution >= 0.6 is 0 Å². The van der Waals surface area contributed by atoms with Crippen LogP contribution in [0.4, 0.5) is 5.82 Å². The largest absolute Gasteiger partial charge is 0.396 e. The number of fused-ring (bicyclic) bond motifs is 1. The van der Waals surface area contributed by atoms with Gasteiger partial charge >= 0.3 is 0 Å². The van der Waals surface area contributed by atoms with E-state index < -0.39 is 0 Å². The molecule has 0 amide bonds. The number of aliphatic hydroxyl groups excluding tert-OH is 1.